The van der Waals surface area contributed by atoms with E-state index < -0.39 is 22.5 Å². The number of nitrogens with zero attached hydrogens (tertiary/aromatic N) is 2. The van der Waals surface area contributed by atoms with Crippen LogP contribution in [0.15, 0.2) is 113 Å². The number of carbonyl (C=O) groups is 2. The minimum Gasteiger partial charge on any atom is -0.497 e. The van der Waals surface area contributed by atoms with Gasteiger partial charge >= 0.3 is 0 Å². The van der Waals surface area contributed by atoms with E-state index in [0.29, 0.717) is 23.6 Å². The molecule has 0 atom stereocenters. The Morgan fingerprint density at radius 1 is 0.800 bits per heavy atom. The summed E-state index contributed by atoms with van der Waals surface area (Å²) in [7, 11) is -1.28. The van der Waals surface area contributed by atoms with Crippen LogP contribution in [-0.2, 0) is 26.0 Å². The number of hydrogen-bond donors (Lipinski definition) is 2. The van der Waals surface area contributed by atoms with Crippen LogP contribution < -0.4 is 29.3 Å². The maximum Gasteiger partial charge on any atom is 0.264 e. The third-order valence-electron chi connectivity index (χ3n) is 6.52. The summed E-state index contributed by atoms with van der Waals surface area (Å²) in [4.78, 5) is 25.0. The molecular weight excluding hydrogens is 596 g/mol. The van der Waals surface area contributed by atoms with Crippen LogP contribution in [0.4, 0.5) is 5.69 Å². The van der Waals surface area contributed by atoms with Crippen LogP contribution in [0.25, 0.3) is 0 Å². The zero-order chi connectivity index (χ0) is 32.1. The molecule has 0 unspecified atom stereocenters. The summed E-state index contributed by atoms with van der Waals surface area (Å²) in [5, 5.41) is 6.80. The summed E-state index contributed by atoms with van der Waals surface area (Å²) in [6.45, 7) is -0.177. The van der Waals surface area contributed by atoms with E-state index in [1.54, 1.807) is 48.5 Å². The first-order valence-electron chi connectivity index (χ1n) is 14.0. The van der Waals surface area contributed by atoms with Crippen LogP contribution in [-0.4, -0.2) is 60.4 Å². The van der Waals surface area contributed by atoms with Crippen molar-refractivity contribution in [3.05, 3.63) is 114 Å². The average Bonchev–Trinajstić information content (AvgIpc) is 3.07. The summed E-state index contributed by atoms with van der Waals surface area (Å²) in [5.41, 5.74) is 4.35. The van der Waals surface area contributed by atoms with E-state index in [2.05, 4.69) is 15.8 Å². The molecule has 4 aromatic carbocycles. The second-order valence-electron chi connectivity index (χ2n) is 9.60. The first kappa shape index (κ1) is 32.6. The predicted octanol–water partition coefficient (Wildman–Crippen LogP) is 3.79. The van der Waals surface area contributed by atoms with Crippen LogP contribution in [0.3, 0.4) is 0 Å². The fourth-order valence-electron chi connectivity index (χ4n) is 4.20. The highest BCUT2D eigenvalue weighted by Crippen LogP contribution is 2.32. The molecule has 234 valence electrons. The zero-order valence-corrected chi connectivity index (χ0v) is 25.7. The number of hydrazone groups is 1. The third kappa shape index (κ3) is 9.31. The average molecular weight is 631 g/mol. The topological polar surface area (TPSA) is 136 Å². The molecule has 0 radical (unpaired) electrons. The second kappa shape index (κ2) is 15.9. The van der Waals surface area contributed by atoms with Crippen LogP contribution in [0.1, 0.15) is 11.1 Å². The molecule has 0 heterocycles. The number of ether oxygens (including phenoxy) is 3. The maximum atomic E-state index is 13.6. The number of nitrogens with one attached hydrogen (secondary N) is 2. The van der Waals surface area contributed by atoms with Crippen molar-refractivity contribution >= 4 is 33.7 Å². The lowest BCUT2D eigenvalue weighted by molar-refractivity contribution is -0.123. The maximum absolute atomic E-state index is 13.6. The van der Waals surface area contributed by atoms with E-state index in [1.807, 2.05) is 30.3 Å². The first-order chi connectivity index (χ1) is 21.8. The molecule has 0 aromatic heterocycles. The van der Waals surface area contributed by atoms with E-state index in [4.69, 9.17) is 14.2 Å². The summed E-state index contributed by atoms with van der Waals surface area (Å²) in [6, 6.07) is 29.0. The lowest BCUT2D eigenvalue weighted by atomic mass is 10.1. The quantitative estimate of drug-likeness (QED) is 0.151. The number of amides is 2. The summed E-state index contributed by atoms with van der Waals surface area (Å²) in [6.07, 6.45) is 2.14. The SMILES string of the molecule is COc1ccc(S(=O)(=O)N(CC(=O)N/N=C\c2ccc(OCC(=O)NCCc3ccccc3)cc2)c2ccccc2OC)cc1. The molecule has 0 spiro atoms. The number of carbonyl (C=O) groups excluding carboxylic acids is 2. The summed E-state index contributed by atoms with van der Waals surface area (Å²) in [5.74, 6) is 0.357. The Morgan fingerprint density at radius 3 is 2.16 bits per heavy atom. The molecule has 0 fully saturated rings. The number of hydrogen-bond acceptors (Lipinski definition) is 8. The van der Waals surface area contributed by atoms with Gasteiger partial charge in [0.1, 0.15) is 23.8 Å². The van der Waals surface area contributed by atoms with Crippen molar-refractivity contribution in [3.63, 3.8) is 0 Å². The first-order valence-corrected chi connectivity index (χ1v) is 15.4. The molecule has 0 bridgehead atoms. The van der Waals surface area contributed by atoms with Crippen molar-refractivity contribution in [2.75, 3.05) is 38.2 Å². The molecule has 12 heteroatoms. The van der Waals surface area contributed by atoms with E-state index >= 15 is 0 Å². The zero-order valence-electron chi connectivity index (χ0n) is 24.9. The Labute approximate surface area is 262 Å². The molecule has 0 aliphatic heterocycles. The van der Waals surface area contributed by atoms with Gasteiger partial charge in [0, 0.05) is 6.54 Å². The predicted molar refractivity (Wildman–Crippen MR) is 171 cm³/mol. The molecule has 4 aromatic rings. The van der Waals surface area contributed by atoms with Crippen LogP contribution in [0.5, 0.6) is 17.2 Å². The van der Waals surface area contributed by atoms with Gasteiger partial charge in [-0.2, -0.15) is 5.10 Å². The lowest BCUT2D eigenvalue weighted by Gasteiger charge is -2.25. The number of anilines is 1. The molecule has 0 saturated carbocycles. The van der Waals surface area contributed by atoms with Crippen LogP contribution >= 0.6 is 0 Å². The molecule has 2 N–H and O–H groups in total. The summed E-state index contributed by atoms with van der Waals surface area (Å²) < 4.78 is 44.3. The number of benzene rings is 4. The van der Waals surface area contributed by atoms with Gasteiger partial charge in [-0.3, -0.25) is 13.9 Å². The van der Waals surface area contributed by atoms with Crippen molar-refractivity contribution in [3.8, 4) is 17.2 Å². The van der Waals surface area contributed by atoms with Gasteiger partial charge in [-0.1, -0.05) is 42.5 Å². The fourth-order valence-corrected chi connectivity index (χ4v) is 5.63. The van der Waals surface area contributed by atoms with Gasteiger partial charge < -0.3 is 19.5 Å². The lowest BCUT2D eigenvalue weighted by Crippen LogP contribution is -2.39. The van der Waals surface area contributed by atoms with E-state index in [0.717, 1.165) is 16.3 Å². The highest BCUT2D eigenvalue weighted by Gasteiger charge is 2.29. The number of methoxy groups -OCH3 is 2. The Hall–Kier alpha value is -5.36. The molecule has 45 heavy (non-hydrogen) atoms. The highest BCUT2D eigenvalue weighted by atomic mass is 32.2. The highest BCUT2D eigenvalue weighted by molar-refractivity contribution is 7.92. The minimum absolute atomic E-state index is 0.0301. The van der Waals surface area contributed by atoms with Gasteiger partial charge in [-0.15, -0.1) is 0 Å². The van der Waals surface area contributed by atoms with Gasteiger partial charge in [0.2, 0.25) is 0 Å². The second-order valence-corrected chi connectivity index (χ2v) is 11.5. The van der Waals surface area contributed by atoms with Crippen molar-refractivity contribution < 1.29 is 32.2 Å². The molecule has 4 rings (SSSR count). The van der Waals surface area contributed by atoms with Gasteiger partial charge in [0.05, 0.1) is 31.0 Å². The van der Waals surface area contributed by atoms with Crippen molar-refractivity contribution in [2.24, 2.45) is 5.10 Å². The van der Waals surface area contributed by atoms with Gasteiger partial charge in [0.15, 0.2) is 6.61 Å². The van der Waals surface area contributed by atoms with Crippen molar-refractivity contribution in [1.82, 2.24) is 10.7 Å². The van der Waals surface area contributed by atoms with Crippen molar-refractivity contribution in [2.45, 2.75) is 11.3 Å². The van der Waals surface area contributed by atoms with Crippen LogP contribution in [0.2, 0.25) is 0 Å². The minimum atomic E-state index is -4.18. The third-order valence-corrected chi connectivity index (χ3v) is 8.29. The van der Waals surface area contributed by atoms with E-state index in [1.165, 1.54) is 44.7 Å². The number of sulfonamides is 1. The Kier molecular flexibility index (Phi) is 11.5. The van der Waals surface area contributed by atoms with Crippen LogP contribution in [0, 0.1) is 0 Å². The number of para-hydroxylation sites is 2. The molecular formula is C33H34N4O7S. The Balaban J connectivity index is 1.33. The smallest absolute Gasteiger partial charge is 0.264 e. The largest absolute Gasteiger partial charge is 0.497 e. The number of rotatable bonds is 15. The van der Waals surface area contributed by atoms with Gasteiger partial charge in [-0.25, -0.2) is 13.8 Å². The Morgan fingerprint density at radius 2 is 1.47 bits per heavy atom. The molecule has 2 amide bonds. The van der Waals surface area contributed by atoms with E-state index in [-0.39, 0.29) is 28.8 Å². The van der Waals surface area contributed by atoms with Crippen molar-refractivity contribution in [1.29, 1.82) is 0 Å². The fraction of sp³-hybridized carbons (Fsp3) is 0.182. The molecule has 0 saturated heterocycles. The molecule has 11 nitrogen and oxygen atoms in total. The van der Waals surface area contributed by atoms with Gasteiger partial charge in [0.25, 0.3) is 21.8 Å². The van der Waals surface area contributed by atoms with Gasteiger partial charge in [-0.05, 0) is 78.2 Å². The Bertz CT molecular complexity index is 1700. The molecule has 0 aliphatic carbocycles. The monoisotopic (exact) mass is 630 g/mol. The summed E-state index contributed by atoms with van der Waals surface area (Å²) >= 11 is 0. The molecule has 0 aliphatic rings. The standard InChI is InChI=1S/C33H34N4O7S/c1-42-27-16-18-29(19-17-27)45(40,41)37(30-10-6-7-11-31(30)43-2)23-32(38)36-35-22-26-12-14-28(15-13-26)44-24-33(39)34-21-20-25-8-4-3-5-9-25/h3-19,22H,20-21,23-24H2,1-2H3,(H,34,39)(H,36,38)/b35-22-. The van der Waals surface area contributed by atoms with E-state index in [9.17, 15) is 18.0 Å². The normalized spacial score (nSPS) is 11.1.